The SMILES string of the molecule is C[C@H]1C(O[C@@H]2CC[C@@]3(C)C(CC(O)C4C3C[C@H](O)[C@@]3(C)C4CC[C@@H]3[C@H](C)CCC(=O)O)C2)OC2O[C@]3(C)CCC4[C@H](C)CCC1[C@@]24OO3. The van der Waals surface area contributed by atoms with Crippen molar-refractivity contribution in [2.45, 2.75) is 167 Å². The highest BCUT2D eigenvalue weighted by Crippen LogP contribution is 2.69. The fourth-order valence-corrected chi connectivity index (χ4v) is 14.0. The number of aliphatic carboxylic acids is 1. The first-order valence-electron chi connectivity index (χ1n) is 19.6. The van der Waals surface area contributed by atoms with Crippen molar-refractivity contribution in [3.05, 3.63) is 0 Å². The molecule has 4 aliphatic heterocycles. The van der Waals surface area contributed by atoms with Crippen LogP contribution in [0, 0.1) is 70.0 Å². The standard InChI is InChI=1S/C39H62O9/c1-20(8-12-32(42)43)25-10-11-28-33-29(19-31(41)38(25,28)6)36(4)15-13-24(17-23(36)18-30(33)40)44-34-22(3)27-9-7-21(2)26-14-16-37(5)46-35(45-34)39(26,27)48-47-37/h20-31,33-35,40-41H,7-19H2,1-6H3,(H,42,43)/t20-,21-,22-,23?,24-,25-,26?,27?,28?,29?,30?,31+,33?,34?,35?,36+,37+,38-,39-/m1/s1. The molecule has 0 aromatic rings. The minimum absolute atomic E-state index is 0.0399. The van der Waals surface area contributed by atoms with Gasteiger partial charge in [0.1, 0.15) is 0 Å². The van der Waals surface area contributed by atoms with Gasteiger partial charge < -0.3 is 29.5 Å². The lowest BCUT2D eigenvalue weighted by molar-refractivity contribution is -0.578. The number of hydrogen-bond acceptors (Lipinski definition) is 8. The van der Waals surface area contributed by atoms with E-state index < -0.39 is 35.9 Å². The van der Waals surface area contributed by atoms with Gasteiger partial charge in [-0.15, -0.1) is 0 Å². The third-order valence-corrected chi connectivity index (χ3v) is 16.7. The summed E-state index contributed by atoms with van der Waals surface area (Å²) in [4.78, 5) is 23.7. The Hall–Kier alpha value is -0.810. The first kappa shape index (κ1) is 34.3. The van der Waals surface area contributed by atoms with E-state index in [4.69, 9.17) is 24.0 Å². The number of fused-ring (bicyclic) bond motifs is 7. The molecular weight excluding hydrogens is 612 g/mol. The van der Waals surface area contributed by atoms with E-state index in [0.717, 1.165) is 64.2 Å². The number of aliphatic hydroxyl groups is 2. The number of rotatable bonds is 6. The lowest BCUT2D eigenvalue weighted by Crippen LogP contribution is -2.70. The second-order valence-electron chi connectivity index (χ2n) is 18.8. The van der Waals surface area contributed by atoms with E-state index in [2.05, 4.69) is 34.6 Å². The maximum atomic E-state index is 12.0. The van der Waals surface area contributed by atoms with Gasteiger partial charge in [-0.05, 0) is 136 Å². The zero-order valence-corrected chi connectivity index (χ0v) is 30.1. The molecule has 9 rings (SSSR count). The van der Waals surface area contributed by atoms with Crippen LogP contribution in [0.5, 0.6) is 0 Å². The summed E-state index contributed by atoms with van der Waals surface area (Å²) in [6.45, 7) is 13.4. The summed E-state index contributed by atoms with van der Waals surface area (Å²) < 4.78 is 20.4. The van der Waals surface area contributed by atoms with E-state index in [1.165, 1.54) is 6.42 Å². The van der Waals surface area contributed by atoms with Crippen molar-refractivity contribution >= 4 is 5.97 Å². The minimum Gasteiger partial charge on any atom is -0.481 e. The molecule has 4 saturated heterocycles. The van der Waals surface area contributed by atoms with E-state index in [0.29, 0.717) is 24.2 Å². The molecule has 9 nitrogen and oxygen atoms in total. The number of carboxylic acid groups (broad SMARTS) is 1. The van der Waals surface area contributed by atoms with Crippen LogP contribution < -0.4 is 0 Å². The molecule has 9 heteroatoms. The Bertz CT molecular complexity index is 1250. The topological polar surface area (TPSA) is 124 Å². The van der Waals surface area contributed by atoms with Gasteiger partial charge in [-0.2, -0.15) is 0 Å². The van der Waals surface area contributed by atoms with Gasteiger partial charge in [0, 0.05) is 24.7 Å². The van der Waals surface area contributed by atoms with E-state index in [1.807, 2.05) is 6.92 Å². The van der Waals surface area contributed by atoms with Gasteiger partial charge >= 0.3 is 5.97 Å². The van der Waals surface area contributed by atoms with Crippen molar-refractivity contribution < 1.29 is 44.1 Å². The molecule has 2 bridgehead atoms. The summed E-state index contributed by atoms with van der Waals surface area (Å²) in [7, 11) is 0. The fraction of sp³-hybridized carbons (Fsp3) is 0.974. The molecule has 272 valence electrons. The van der Waals surface area contributed by atoms with Crippen LogP contribution in [0.3, 0.4) is 0 Å². The predicted molar refractivity (Wildman–Crippen MR) is 176 cm³/mol. The molecule has 4 heterocycles. The summed E-state index contributed by atoms with van der Waals surface area (Å²) in [6, 6.07) is 0. The number of ether oxygens (including phenoxy) is 3. The molecule has 5 saturated carbocycles. The van der Waals surface area contributed by atoms with Gasteiger partial charge in [0.25, 0.3) is 0 Å². The Morgan fingerprint density at radius 1 is 0.896 bits per heavy atom. The molecule has 0 aromatic heterocycles. The molecular formula is C39H62O9. The van der Waals surface area contributed by atoms with E-state index >= 15 is 0 Å². The zero-order valence-electron chi connectivity index (χ0n) is 30.1. The smallest absolute Gasteiger partial charge is 0.303 e. The summed E-state index contributed by atoms with van der Waals surface area (Å²) in [5.41, 5.74) is -0.834. The molecule has 0 radical (unpaired) electrons. The Labute approximate surface area is 287 Å². The predicted octanol–water partition coefficient (Wildman–Crippen LogP) is 6.68. The van der Waals surface area contributed by atoms with Gasteiger partial charge in [0.15, 0.2) is 18.2 Å². The normalized spacial score (nSPS) is 57.8. The lowest BCUT2D eigenvalue weighted by Gasteiger charge is -2.64. The third kappa shape index (κ3) is 4.90. The summed E-state index contributed by atoms with van der Waals surface area (Å²) in [5.74, 6) is 1.23. The quantitative estimate of drug-likeness (QED) is 0.209. The maximum absolute atomic E-state index is 12.0. The zero-order chi connectivity index (χ0) is 34.0. The molecule has 48 heavy (non-hydrogen) atoms. The highest BCUT2D eigenvalue weighted by molar-refractivity contribution is 5.66. The maximum Gasteiger partial charge on any atom is 0.303 e. The van der Waals surface area contributed by atoms with Crippen LogP contribution in [-0.2, 0) is 28.8 Å². The van der Waals surface area contributed by atoms with Gasteiger partial charge in [-0.1, -0.05) is 34.6 Å². The van der Waals surface area contributed by atoms with Crippen LogP contribution in [0.2, 0.25) is 0 Å². The molecule has 3 N–H and O–H groups in total. The van der Waals surface area contributed by atoms with Gasteiger partial charge in [-0.25, -0.2) is 9.78 Å². The van der Waals surface area contributed by atoms with Crippen LogP contribution in [-0.4, -0.2) is 63.6 Å². The summed E-state index contributed by atoms with van der Waals surface area (Å²) >= 11 is 0. The van der Waals surface area contributed by atoms with Crippen molar-refractivity contribution in [1.82, 2.24) is 0 Å². The number of aliphatic hydroxyl groups excluding tert-OH is 2. The van der Waals surface area contributed by atoms with Crippen LogP contribution in [0.1, 0.15) is 125 Å². The Kier molecular flexibility index (Phi) is 8.47. The van der Waals surface area contributed by atoms with Gasteiger partial charge in [0.2, 0.25) is 5.79 Å². The molecule has 9 fully saturated rings. The minimum atomic E-state index is -0.805. The molecule has 0 aromatic carbocycles. The second-order valence-corrected chi connectivity index (χ2v) is 18.8. The van der Waals surface area contributed by atoms with Crippen LogP contribution in [0.25, 0.3) is 0 Å². The van der Waals surface area contributed by atoms with Crippen LogP contribution in [0.4, 0.5) is 0 Å². The first-order chi connectivity index (χ1) is 22.7. The van der Waals surface area contributed by atoms with Crippen molar-refractivity contribution in [2.24, 2.45) is 70.0 Å². The molecule has 1 spiro atoms. The molecule has 19 atom stereocenters. The number of hydrogen-bond donors (Lipinski definition) is 3. The highest BCUT2D eigenvalue weighted by atomic mass is 17.3. The van der Waals surface area contributed by atoms with Crippen LogP contribution >= 0.6 is 0 Å². The van der Waals surface area contributed by atoms with E-state index in [9.17, 15) is 20.1 Å². The molecule has 0 amide bonds. The summed E-state index contributed by atoms with van der Waals surface area (Å²) in [6.07, 6.45) is 9.56. The summed E-state index contributed by atoms with van der Waals surface area (Å²) in [5, 5.41) is 33.2. The average Bonchev–Trinajstić information content (AvgIpc) is 3.24. The van der Waals surface area contributed by atoms with E-state index in [1.54, 1.807) is 0 Å². The molecule has 9 aliphatic rings. The number of carboxylic acids is 1. The van der Waals surface area contributed by atoms with Crippen molar-refractivity contribution in [3.63, 3.8) is 0 Å². The second kappa shape index (κ2) is 11.9. The largest absolute Gasteiger partial charge is 0.481 e. The third-order valence-electron chi connectivity index (χ3n) is 16.7. The average molecular weight is 675 g/mol. The van der Waals surface area contributed by atoms with Crippen molar-refractivity contribution in [3.8, 4) is 0 Å². The van der Waals surface area contributed by atoms with Gasteiger partial charge in [0.05, 0.1) is 18.3 Å². The van der Waals surface area contributed by atoms with Crippen LogP contribution in [0.15, 0.2) is 0 Å². The number of carbonyl (C=O) groups is 1. The highest BCUT2D eigenvalue weighted by Gasteiger charge is 2.70. The molecule has 5 aliphatic carbocycles. The van der Waals surface area contributed by atoms with Crippen molar-refractivity contribution in [2.75, 3.05) is 0 Å². The van der Waals surface area contributed by atoms with Crippen molar-refractivity contribution in [1.29, 1.82) is 0 Å². The monoisotopic (exact) mass is 674 g/mol. The van der Waals surface area contributed by atoms with E-state index in [-0.39, 0.29) is 71.1 Å². The Morgan fingerprint density at radius 2 is 1.67 bits per heavy atom. The van der Waals surface area contributed by atoms with Gasteiger partial charge in [-0.3, -0.25) is 4.79 Å². The molecule has 9 unspecified atom stereocenters. The first-order valence-corrected chi connectivity index (χ1v) is 19.6. The lowest BCUT2D eigenvalue weighted by atomic mass is 9.43. The Balaban J connectivity index is 0.975. The Morgan fingerprint density at radius 3 is 2.44 bits per heavy atom. The fourth-order valence-electron chi connectivity index (χ4n) is 14.0.